The van der Waals surface area contributed by atoms with Crippen molar-refractivity contribution in [1.29, 1.82) is 0 Å². The molecule has 12 heteroatoms. The van der Waals surface area contributed by atoms with E-state index in [2.05, 4.69) is 4.74 Å². The minimum atomic E-state index is -5.87. The third-order valence-electron chi connectivity index (χ3n) is 2.44. The third kappa shape index (κ3) is 4.82. The normalized spacial score (nSPS) is 14.4. The van der Waals surface area contributed by atoms with Crippen LogP contribution in [0.4, 0.5) is 26.3 Å². The lowest BCUT2D eigenvalue weighted by Crippen LogP contribution is -2.45. The van der Waals surface area contributed by atoms with Gasteiger partial charge in [-0.1, -0.05) is 12.1 Å². The Morgan fingerprint density at radius 1 is 1.17 bits per heavy atom. The second kappa shape index (κ2) is 6.35. The molecule has 1 N–H and O–H groups in total. The maximum Gasteiger partial charge on any atom is 0.425 e. The molecule has 1 unspecified atom stereocenters. The molecular weight excluding hydrogens is 358 g/mol. The van der Waals surface area contributed by atoms with Crippen LogP contribution in [0.15, 0.2) is 29.2 Å². The SMILES string of the molecule is O=C(OCC(F)(F)C(F)C(F)(F)F)c1ccccc1S(=O)(=O)O. The van der Waals surface area contributed by atoms with Crippen molar-refractivity contribution in [1.82, 2.24) is 0 Å². The summed E-state index contributed by atoms with van der Waals surface area (Å²) >= 11 is 0. The maximum absolute atomic E-state index is 13.0. The highest BCUT2D eigenvalue weighted by molar-refractivity contribution is 7.86. The number of carbonyl (C=O) groups is 1. The molecule has 0 bridgehead atoms. The summed E-state index contributed by atoms with van der Waals surface area (Å²) in [4.78, 5) is 10.5. The van der Waals surface area contributed by atoms with E-state index in [0.29, 0.717) is 0 Å². The minimum absolute atomic E-state index is 0.734. The summed E-state index contributed by atoms with van der Waals surface area (Å²) in [6.07, 6.45) is -10.4. The van der Waals surface area contributed by atoms with Gasteiger partial charge in [0.2, 0.25) is 0 Å². The number of benzene rings is 1. The smallest absolute Gasteiger partial charge is 0.425 e. The van der Waals surface area contributed by atoms with Gasteiger partial charge < -0.3 is 4.74 Å². The molecule has 0 amide bonds. The highest BCUT2D eigenvalue weighted by Crippen LogP contribution is 2.35. The van der Waals surface area contributed by atoms with Crippen molar-refractivity contribution in [2.24, 2.45) is 0 Å². The second-order valence-corrected chi connectivity index (χ2v) is 5.60. The summed E-state index contributed by atoms with van der Waals surface area (Å²) in [6.45, 7) is -2.27. The Labute approximate surface area is 125 Å². The molecule has 0 aliphatic heterocycles. The van der Waals surface area contributed by atoms with Crippen molar-refractivity contribution < 1.29 is 48.8 Å². The van der Waals surface area contributed by atoms with E-state index in [1.807, 2.05) is 0 Å². The highest BCUT2D eigenvalue weighted by atomic mass is 32.2. The fourth-order valence-corrected chi connectivity index (χ4v) is 2.09. The first kappa shape index (κ1) is 19.2. The zero-order valence-electron chi connectivity index (χ0n) is 10.9. The number of ether oxygens (including phenoxy) is 1. The summed E-state index contributed by atoms with van der Waals surface area (Å²) in [5, 5.41) is 0. The van der Waals surface area contributed by atoms with Gasteiger partial charge in [-0.15, -0.1) is 0 Å². The van der Waals surface area contributed by atoms with E-state index in [1.165, 1.54) is 0 Å². The van der Waals surface area contributed by atoms with Crippen molar-refractivity contribution in [3.63, 3.8) is 0 Å². The van der Waals surface area contributed by atoms with Gasteiger partial charge in [-0.05, 0) is 12.1 Å². The maximum atomic E-state index is 13.0. The van der Waals surface area contributed by atoms with Gasteiger partial charge in [-0.3, -0.25) is 4.55 Å². The van der Waals surface area contributed by atoms with Crippen LogP contribution in [0.2, 0.25) is 0 Å². The van der Waals surface area contributed by atoms with Crippen LogP contribution in [0.3, 0.4) is 0 Å². The fraction of sp³-hybridized carbons (Fsp3) is 0.364. The average molecular weight is 366 g/mol. The average Bonchev–Trinajstić information content (AvgIpc) is 2.42. The van der Waals surface area contributed by atoms with Gasteiger partial charge in [-0.25, -0.2) is 9.18 Å². The molecule has 1 atom stereocenters. The predicted octanol–water partition coefficient (Wildman–Crippen LogP) is 2.63. The number of esters is 1. The van der Waals surface area contributed by atoms with Gasteiger partial charge in [0.25, 0.3) is 16.3 Å². The van der Waals surface area contributed by atoms with Gasteiger partial charge >= 0.3 is 18.1 Å². The summed E-state index contributed by atoms with van der Waals surface area (Å²) in [5.41, 5.74) is -0.895. The number of rotatable bonds is 5. The Hall–Kier alpha value is -1.82. The fourth-order valence-electron chi connectivity index (χ4n) is 1.41. The largest absolute Gasteiger partial charge is 0.456 e. The van der Waals surface area contributed by atoms with Crippen LogP contribution >= 0.6 is 0 Å². The third-order valence-corrected chi connectivity index (χ3v) is 3.35. The molecule has 0 radical (unpaired) electrons. The van der Waals surface area contributed by atoms with E-state index in [9.17, 15) is 39.6 Å². The van der Waals surface area contributed by atoms with Crippen LogP contribution in [0.25, 0.3) is 0 Å². The molecule has 0 aliphatic carbocycles. The Kier molecular flexibility index (Phi) is 5.31. The van der Waals surface area contributed by atoms with Crippen molar-refractivity contribution in [2.45, 2.75) is 23.2 Å². The van der Waals surface area contributed by atoms with Crippen LogP contribution in [0.5, 0.6) is 0 Å². The van der Waals surface area contributed by atoms with E-state index in [1.54, 1.807) is 0 Å². The topological polar surface area (TPSA) is 80.7 Å². The van der Waals surface area contributed by atoms with E-state index in [0.717, 1.165) is 24.3 Å². The van der Waals surface area contributed by atoms with Gasteiger partial charge in [0.15, 0.2) is 6.61 Å². The molecule has 0 heterocycles. The Balaban J connectivity index is 2.95. The van der Waals surface area contributed by atoms with Crippen LogP contribution in [-0.4, -0.2) is 43.8 Å². The van der Waals surface area contributed by atoms with Gasteiger partial charge in [0.05, 0.1) is 5.56 Å². The molecule has 0 fully saturated rings. The zero-order chi connectivity index (χ0) is 18.1. The summed E-state index contributed by atoms with van der Waals surface area (Å²) in [5.74, 6) is -6.84. The molecule has 0 saturated heterocycles. The first-order chi connectivity index (χ1) is 10.3. The second-order valence-electron chi connectivity index (χ2n) is 4.21. The molecule has 0 spiro atoms. The number of hydrogen-bond donors (Lipinski definition) is 1. The van der Waals surface area contributed by atoms with E-state index < -0.39 is 51.4 Å². The molecular formula is C11H8F6O5S. The molecule has 5 nitrogen and oxygen atoms in total. The first-order valence-electron chi connectivity index (χ1n) is 5.59. The minimum Gasteiger partial charge on any atom is -0.456 e. The van der Waals surface area contributed by atoms with Gasteiger partial charge in [-0.2, -0.15) is 30.4 Å². The lowest BCUT2D eigenvalue weighted by molar-refractivity contribution is -0.251. The van der Waals surface area contributed by atoms with Gasteiger partial charge in [0.1, 0.15) is 4.90 Å². The number of hydrogen-bond acceptors (Lipinski definition) is 4. The van der Waals surface area contributed by atoms with Gasteiger partial charge in [0, 0.05) is 0 Å². The Morgan fingerprint density at radius 2 is 1.70 bits per heavy atom. The Bertz CT molecular complexity index is 684. The molecule has 1 rings (SSSR count). The van der Waals surface area contributed by atoms with E-state index in [4.69, 9.17) is 4.55 Å². The van der Waals surface area contributed by atoms with E-state index >= 15 is 0 Å². The number of alkyl halides is 6. The Morgan fingerprint density at radius 3 is 2.17 bits per heavy atom. The zero-order valence-corrected chi connectivity index (χ0v) is 11.7. The molecule has 130 valence electrons. The first-order valence-corrected chi connectivity index (χ1v) is 7.03. The molecule has 0 aromatic heterocycles. The molecule has 1 aromatic rings. The predicted molar refractivity (Wildman–Crippen MR) is 62.4 cm³/mol. The summed E-state index contributed by atoms with van der Waals surface area (Å²) in [6, 6.07) is 3.66. The summed E-state index contributed by atoms with van der Waals surface area (Å²) in [7, 11) is -4.91. The quantitative estimate of drug-likeness (QED) is 0.492. The summed E-state index contributed by atoms with van der Waals surface area (Å²) < 4.78 is 109. The van der Waals surface area contributed by atoms with Crippen molar-refractivity contribution in [3.8, 4) is 0 Å². The van der Waals surface area contributed by atoms with Crippen molar-refractivity contribution in [2.75, 3.05) is 6.61 Å². The molecule has 0 saturated carbocycles. The standard InChI is InChI=1S/C11H8F6O5S/c12-9(11(15,16)17)10(13,14)5-22-8(18)6-3-1-2-4-7(6)23(19,20)21/h1-4,9H,5H2,(H,19,20,21). The lowest BCUT2D eigenvalue weighted by atomic mass is 10.2. The van der Waals surface area contributed by atoms with Crippen molar-refractivity contribution >= 4 is 16.1 Å². The van der Waals surface area contributed by atoms with E-state index in [-0.39, 0.29) is 0 Å². The van der Waals surface area contributed by atoms with Crippen LogP contribution < -0.4 is 0 Å². The van der Waals surface area contributed by atoms with Crippen LogP contribution in [0, 0.1) is 0 Å². The van der Waals surface area contributed by atoms with Crippen LogP contribution in [-0.2, 0) is 14.9 Å². The molecule has 1 aromatic carbocycles. The lowest BCUT2D eigenvalue weighted by Gasteiger charge is -2.22. The monoisotopic (exact) mass is 366 g/mol. The van der Waals surface area contributed by atoms with Crippen molar-refractivity contribution in [3.05, 3.63) is 29.8 Å². The molecule has 0 aliphatic rings. The van der Waals surface area contributed by atoms with Crippen LogP contribution in [0.1, 0.15) is 10.4 Å². The molecule has 23 heavy (non-hydrogen) atoms. The number of carbonyl (C=O) groups excluding carboxylic acids is 1. The number of halogens is 6. The highest BCUT2D eigenvalue weighted by Gasteiger charge is 2.57.